The zero-order valence-corrected chi connectivity index (χ0v) is 30.9. The van der Waals surface area contributed by atoms with E-state index in [-0.39, 0.29) is 73.9 Å². The third-order valence-electron chi connectivity index (χ3n) is 7.01. The average molecular weight is 567 g/mol. The van der Waals surface area contributed by atoms with Crippen molar-refractivity contribution in [3.63, 3.8) is 0 Å². The van der Waals surface area contributed by atoms with Gasteiger partial charge in [0.1, 0.15) is 0 Å². The fourth-order valence-corrected chi connectivity index (χ4v) is 4.56. The maximum atomic E-state index is 11.9. The van der Waals surface area contributed by atoms with Crippen molar-refractivity contribution in [3.8, 4) is 0 Å². The summed E-state index contributed by atoms with van der Waals surface area (Å²) in [5, 5.41) is 0. The van der Waals surface area contributed by atoms with Crippen LogP contribution in [0.25, 0.3) is 0 Å². The molecule has 0 spiro atoms. The maximum Gasteiger partial charge on any atom is 1.00 e. The SMILES string of the molecule is CCCCCCC=CCCCCCCCC(=O)OC(=O)CCCCCCC/C=C\CCCCCCCC.[H-].[H-].[Na+].[Na+]. The Morgan fingerprint density at radius 3 is 1.03 bits per heavy atom. The van der Waals surface area contributed by atoms with Gasteiger partial charge in [0.25, 0.3) is 0 Å². The Balaban J connectivity index is -0.00000108. The summed E-state index contributed by atoms with van der Waals surface area (Å²) in [5.74, 6) is -0.687. The number of unbranched alkanes of at least 4 members (excludes halogenated alkanes) is 20. The first kappa shape index (κ1) is 44.1. The van der Waals surface area contributed by atoms with Crippen LogP contribution in [0, 0.1) is 0 Å². The summed E-state index contributed by atoms with van der Waals surface area (Å²) in [5.41, 5.74) is 0. The van der Waals surface area contributed by atoms with Gasteiger partial charge in [0.05, 0.1) is 0 Å². The molecular formula is C34H64Na2O3. The summed E-state index contributed by atoms with van der Waals surface area (Å²) in [4.78, 5) is 23.7. The van der Waals surface area contributed by atoms with Crippen LogP contribution in [0.3, 0.4) is 0 Å². The third-order valence-corrected chi connectivity index (χ3v) is 7.01. The molecule has 0 amide bonds. The predicted octanol–water partition coefficient (Wildman–Crippen LogP) is 5.58. The minimum atomic E-state index is -0.344. The van der Waals surface area contributed by atoms with Gasteiger partial charge in [-0.25, -0.2) is 0 Å². The average Bonchev–Trinajstić information content (AvgIpc) is 2.89. The molecule has 5 heteroatoms. The molecule has 0 bridgehead atoms. The molecule has 0 N–H and O–H groups in total. The summed E-state index contributed by atoms with van der Waals surface area (Å²) in [6.07, 6.45) is 39.3. The van der Waals surface area contributed by atoms with Gasteiger partial charge in [-0.3, -0.25) is 9.59 Å². The van der Waals surface area contributed by atoms with Crippen molar-refractivity contribution in [2.24, 2.45) is 0 Å². The van der Waals surface area contributed by atoms with E-state index < -0.39 is 0 Å². The zero-order valence-electron chi connectivity index (χ0n) is 28.9. The van der Waals surface area contributed by atoms with Crippen LogP contribution in [0.1, 0.15) is 184 Å². The standard InChI is InChI=1S/C34H62O3.2Na.2H/c1-3-5-7-9-11-13-15-17-18-20-22-24-26-28-30-32-34(36)37-33(35)31-29-27-25-23-21-19-16-14-12-10-8-6-4-2;;;;/h14,16-18H,3-13,15,19-32H2,1-2H3;;;;/q;2*+1;2*-1/b16-14?,18-17-;;;;. The van der Waals surface area contributed by atoms with Crippen molar-refractivity contribution < 1.29 is 76.3 Å². The van der Waals surface area contributed by atoms with Crippen LogP contribution in [-0.4, -0.2) is 11.9 Å². The molecule has 0 fully saturated rings. The second kappa shape index (κ2) is 38.6. The molecule has 0 saturated carbocycles. The van der Waals surface area contributed by atoms with Gasteiger partial charge in [0.15, 0.2) is 0 Å². The summed E-state index contributed by atoms with van der Waals surface area (Å²) in [7, 11) is 0. The molecule has 0 unspecified atom stereocenters. The van der Waals surface area contributed by atoms with Gasteiger partial charge >= 0.3 is 71.1 Å². The molecule has 220 valence electrons. The summed E-state index contributed by atoms with van der Waals surface area (Å²) in [6, 6.07) is 0. The van der Waals surface area contributed by atoms with Crippen LogP contribution < -0.4 is 59.1 Å². The second-order valence-electron chi connectivity index (χ2n) is 10.8. The quantitative estimate of drug-likeness (QED) is 0.0408. The van der Waals surface area contributed by atoms with Gasteiger partial charge < -0.3 is 7.59 Å². The van der Waals surface area contributed by atoms with E-state index in [4.69, 9.17) is 4.74 Å². The van der Waals surface area contributed by atoms with Crippen molar-refractivity contribution >= 4 is 11.9 Å². The van der Waals surface area contributed by atoms with E-state index in [0.29, 0.717) is 12.8 Å². The number of carbonyl (C=O) groups is 2. The molecule has 0 heterocycles. The Kier molecular flexibility index (Phi) is 43.6. The molecule has 0 aliphatic carbocycles. The molecule has 0 saturated heterocycles. The molecular weight excluding hydrogens is 502 g/mol. The fourth-order valence-electron chi connectivity index (χ4n) is 4.56. The van der Waals surface area contributed by atoms with Gasteiger partial charge in [-0.2, -0.15) is 0 Å². The van der Waals surface area contributed by atoms with E-state index in [1.165, 1.54) is 116 Å². The van der Waals surface area contributed by atoms with Gasteiger partial charge in [-0.05, 0) is 64.2 Å². The Bertz CT molecular complexity index is 572. The Morgan fingerprint density at radius 1 is 0.436 bits per heavy atom. The Morgan fingerprint density at radius 2 is 0.692 bits per heavy atom. The molecule has 0 aliphatic heterocycles. The first-order valence-corrected chi connectivity index (χ1v) is 16.2. The van der Waals surface area contributed by atoms with Gasteiger partial charge in [0.2, 0.25) is 0 Å². The van der Waals surface area contributed by atoms with Crippen molar-refractivity contribution in [2.75, 3.05) is 0 Å². The molecule has 3 nitrogen and oxygen atoms in total. The predicted molar refractivity (Wildman–Crippen MR) is 163 cm³/mol. The van der Waals surface area contributed by atoms with Crippen LogP contribution in [0.5, 0.6) is 0 Å². The number of hydrogen-bond donors (Lipinski definition) is 0. The molecule has 0 atom stereocenters. The molecule has 0 radical (unpaired) electrons. The number of rotatable bonds is 28. The minimum Gasteiger partial charge on any atom is -1.00 e. The van der Waals surface area contributed by atoms with Gasteiger partial charge in [-0.15, -0.1) is 0 Å². The molecule has 0 aliphatic rings. The van der Waals surface area contributed by atoms with E-state index >= 15 is 0 Å². The first-order valence-electron chi connectivity index (χ1n) is 16.2. The van der Waals surface area contributed by atoms with E-state index in [2.05, 4.69) is 38.2 Å². The number of allylic oxidation sites excluding steroid dienone is 4. The molecule has 0 aromatic carbocycles. The van der Waals surface area contributed by atoms with Gasteiger partial charge in [0, 0.05) is 12.8 Å². The second-order valence-corrected chi connectivity index (χ2v) is 10.8. The third kappa shape index (κ3) is 38.6. The molecule has 0 aromatic heterocycles. The molecule has 0 aromatic rings. The topological polar surface area (TPSA) is 43.4 Å². The van der Waals surface area contributed by atoms with E-state index in [0.717, 1.165) is 38.5 Å². The molecule has 39 heavy (non-hydrogen) atoms. The number of esters is 2. The maximum absolute atomic E-state index is 11.9. The number of hydrogen-bond acceptors (Lipinski definition) is 3. The molecule has 0 rings (SSSR count). The van der Waals surface area contributed by atoms with Crippen LogP contribution in [0.2, 0.25) is 0 Å². The van der Waals surface area contributed by atoms with E-state index in [9.17, 15) is 9.59 Å². The summed E-state index contributed by atoms with van der Waals surface area (Å²) in [6.45, 7) is 4.51. The summed E-state index contributed by atoms with van der Waals surface area (Å²) >= 11 is 0. The van der Waals surface area contributed by atoms with Crippen molar-refractivity contribution in [1.82, 2.24) is 0 Å². The monoisotopic (exact) mass is 566 g/mol. The van der Waals surface area contributed by atoms with Crippen LogP contribution in [0.4, 0.5) is 0 Å². The largest absolute Gasteiger partial charge is 1.00 e. The minimum absolute atomic E-state index is 0. The van der Waals surface area contributed by atoms with Crippen molar-refractivity contribution in [3.05, 3.63) is 24.3 Å². The number of ether oxygens (including phenoxy) is 1. The zero-order chi connectivity index (χ0) is 27.1. The van der Waals surface area contributed by atoms with E-state index in [1.807, 2.05) is 0 Å². The van der Waals surface area contributed by atoms with Crippen molar-refractivity contribution in [1.29, 1.82) is 0 Å². The normalized spacial score (nSPS) is 11.0. The Hall–Kier alpha value is 0.620. The Labute approximate surface area is 291 Å². The fraction of sp³-hybridized carbons (Fsp3) is 0.824. The van der Waals surface area contributed by atoms with Crippen LogP contribution >= 0.6 is 0 Å². The van der Waals surface area contributed by atoms with Crippen molar-refractivity contribution in [2.45, 2.75) is 181 Å². The van der Waals surface area contributed by atoms with Crippen LogP contribution in [-0.2, 0) is 14.3 Å². The van der Waals surface area contributed by atoms with Crippen LogP contribution in [0.15, 0.2) is 24.3 Å². The van der Waals surface area contributed by atoms with E-state index in [1.54, 1.807) is 0 Å². The first-order chi connectivity index (χ1) is 18.2. The van der Waals surface area contributed by atoms with Gasteiger partial charge in [-0.1, -0.05) is 128 Å². The summed E-state index contributed by atoms with van der Waals surface area (Å²) < 4.78 is 4.98. The number of carbonyl (C=O) groups excluding carboxylic acids is 2. The smallest absolute Gasteiger partial charge is 1.00 e.